The predicted octanol–water partition coefficient (Wildman–Crippen LogP) is 4.64. The van der Waals surface area contributed by atoms with Crippen LogP contribution in [0.3, 0.4) is 0 Å². The zero-order valence-electron chi connectivity index (χ0n) is 15.7. The number of hydrogen-bond donors (Lipinski definition) is 0. The maximum atomic E-state index is 13.4. The molecule has 28 heavy (non-hydrogen) atoms. The first-order valence-corrected chi connectivity index (χ1v) is 9.50. The van der Waals surface area contributed by atoms with E-state index in [1.165, 1.54) is 22.4 Å². The Labute approximate surface area is 163 Å². The van der Waals surface area contributed by atoms with Crippen molar-refractivity contribution >= 4 is 16.7 Å². The van der Waals surface area contributed by atoms with E-state index < -0.39 is 11.6 Å². The smallest absolute Gasteiger partial charge is 0.254 e. The fourth-order valence-corrected chi connectivity index (χ4v) is 3.80. The number of nitrogens with zero attached hydrogens (tertiary/aromatic N) is 2. The Kier molecular flexibility index (Phi) is 5.09. The van der Waals surface area contributed by atoms with Crippen molar-refractivity contribution < 1.29 is 13.6 Å². The number of piperazine rings is 1. The van der Waals surface area contributed by atoms with E-state index in [9.17, 15) is 13.6 Å². The van der Waals surface area contributed by atoms with Gasteiger partial charge < -0.3 is 4.90 Å². The van der Waals surface area contributed by atoms with E-state index in [0.29, 0.717) is 13.1 Å². The van der Waals surface area contributed by atoms with Gasteiger partial charge in [0.05, 0.1) is 0 Å². The molecule has 1 heterocycles. The summed E-state index contributed by atoms with van der Waals surface area (Å²) in [4.78, 5) is 16.6. The molecule has 1 aliphatic rings. The molecule has 1 saturated heterocycles. The van der Waals surface area contributed by atoms with E-state index in [-0.39, 0.29) is 17.5 Å². The average molecular weight is 380 g/mol. The minimum Gasteiger partial charge on any atom is -0.336 e. The molecule has 0 saturated carbocycles. The Balaban J connectivity index is 1.42. The quantitative estimate of drug-likeness (QED) is 0.661. The highest BCUT2D eigenvalue weighted by molar-refractivity contribution is 5.94. The van der Waals surface area contributed by atoms with E-state index in [1.807, 2.05) is 12.1 Å². The highest BCUT2D eigenvalue weighted by atomic mass is 19.2. The summed E-state index contributed by atoms with van der Waals surface area (Å²) in [5.74, 6) is -2.18. The zero-order chi connectivity index (χ0) is 19.7. The van der Waals surface area contributed by atoms with Gasteiger partial charge in [0, 0.05) is 37.8 Å². The van der Waals surface area contributed by atoms with Gasteiger partial charge in [0.25, 0.3) is 5.91 Å². The van der Waals surface area contributed by atoms with Gasteiger partial charge in [-0.2, -0.15) is 0 Å². The molecule has 5 heteroatoms. The molecule has 0 radical (unpaired) electrons. The third kappa shape index (κ3) is 3.62. The van der Waals surface area contributed by atoms with Gasteiger partial charge in [0.2, 0.25) is 0 Å². The molecule has 0 bridgehead atoms. The highest BCUT2D eigenvalue weighted by Gasteiger charge is 2.26. The summed E-state index contributed by atoms with van der Waals surface area (Å²) in [6, 6.07) is 18.4. The molecule has 144 valence electrons. The van der Waals surface area contributed by atoms with E-state index in [2.05, 4.69) is 42.2 Å². The highest BCUT2D eigenvalue weighted by Crippen LogP contribution is 2.25. The first-order valence-electron chi connectivity index (χ1n) is 9.50. The minimum atomic E-state index is -0.991. The second-order valence-corrected chi connectivity index (χ2v) is 7.24. The van der Waals surface area contributed by atoms with Crippen LogP contribution in [0.5, 0.6) is 0 Å². The van der Waals surface area contributed by atoms with Gasteiger partial charge in [0.1, 0.15) is 0 Å². The molecule has 1 fully saturated rings. The third-order valence-corrected chi connectivity index (χ3v) is 5.57. The number of fused-ring (bicyclic) bond motifs is 1. The lowest BCUT2D eigenvalue weighted by atomic mass is 10.0. The fraction of sp³-hybridized carbons (Fsp3) is 0.261. The van der Waals surface area contributed by atoms with Crippen LogP contribution in [0.1, 0.15) is 28.9 Å². The van der Waals surface area contributed by atoms with Crippen LogP contribution >= 0.6 is 0 Å². The molecule has 1 aliphatic heterocycles. The fourth-order valence-electron chi connectivity index (χ4n) is 3.80. The molecular formula is C23H22F2N2O. The molecule has 3 nitrogen and oxygen atoms in total. The summed E-state index contributed by atoms with van der Waals surface area (Å²) < 4.78 is 26.5. The van der Waals surface area contributed by atoms with Crippen molar-refractivity contribution in [2.75, 3.05) is 26.2 Å². The molecule has 0 aliphatic carbocycles. The number of carbonyl (C=O) groups is 1. The van der Waals surface area contributed by atoms with Crippen molar-refractivity contribution in [3.8, 4) is 0 Å². The monoisotopic (exact) mass is 380 g/mol. The molecule has 4 rings (SSSR count). The van der Waals surface area contributed by atoms with Crippen LogP contribution < -0.4 is 0 Å². The van der Waals surface area contributed by atoms with E-state index in [1.54, 1.807) is 4.90 Å². The van der Waals surface area contributed by atoms with Gasteiger partial charge >= 0.3 is 0 Å². The average Bonchev–Trinajstić information content (AvgIpc) is 2.74. The van der Waals surface area contributed by atoms with Crippen molar-refractivity contribution in [1.29, 1.82) is 0 Å². The first kappa shape index (κ1) is 18.6. The van der Waals surface area contributed by atoms with Gasteiger partial charge in [-0.3, -0.25) is 9.69 Å². The van der Waals surface area contributed by atoms with Gasteiger partial charge in [-0.1, -0.05) is 36.4 Å². The van der Waals surface area contributed by atoms with Crippen LogP contribution in [0.25, 0.3) is 10.8 Å². The van der Waals surface area contributed by atoms with Crippen LogP contribution in [0.15, 0.2) is 60.7 Å². The van der Waals surface area contributed by atoms with E-state index in [4.69, 9.17) is 0 Å². The molecule has 3 aromatic carbocycles. The number of halogens is 2. The molecule has 1 unspecified atom stereocenters. The lowest BCUT2D eigenvalue weighted by Gasteiger charge is -2.38. The van der Waals surface area contributed by atoms with Crippen LogP contribution in [-0.2, 0) is 0 Å². The van der Waals surface area contributed by atoms with E-state index in [0.717, 1.165) is 25.2 Å². The van der Waals surface area contributed by atoms with Crippen LogP contribution in [0, 0.1) is 11.6 Å². The second-order valence-electron chi connectivity index (χ2n) is 7.24. The molecule has 0 aromatic heterocycles. The SMILES string of the molecule is CC(c1ccc2ccccc2c1)N1CCN(C(=O)c2ccc(F)c(F)c2)CC1. The Hall–Kier alpha value is -2.79. The summed E-state index contributed by atoms with van der Waals surface area (Å²) in [5.41, 5.74) is 1.44. The van der Waals surface area contributed by atoms with Crippen LogP contribution in [-0.4, -0.2) is 41.9 Å². The predicted molar refractivity (Wildman–Crippen MR) is 106 cm³/mol. The topological polar surface area (TPSA) is 23.6 Å². The molecule has 1 amide bonds. The maximum Gasteiger partial charge on any atom is 0.254 e. The number of benzene rings is 3. The normalized spacial score (nSPS) is 16.3. The molecule has 3 aromatic rings. The summed E-state index contributed by atoms with van der Waals surface area (Å²) >= 11 is 0. The largest absolute Gasteiger partial charge is 0.336 e. The third-order valence-electron chi connectivity index (χ3n) is 5.57. The number of carbonyl (C=O) groups excluding carboxylic acids is 1. The summed E-state index contributed by atoms with van der Waals surface area (Å²) in [7, 11) is 0. The molecule has 1 atom stereocenters. The van der Waals surface area contributed by atoms with Gasteiger partial charge in [-0.05, 0) is 47.5 Å². The van der Waals surface area contributed by atoms with Crippen molar-refractivity contribution in [1.82, 2.24) is 9.80 Å². The van der Waals surface area contributed by atoms with Crippen LogP contribution in [0.4, 0.5) is 8.78 Å². The van der Waals surface area contributed by atoms with Gasteiger partial charge in [0.15, 0.2) is 11.6 Å². The van der Waals surface area contributed by atoms with Crippen LogP contribution in [0.2, 0.25) is 0 Å². The number of amides is 1. The molecule has 0 N–H and O–H groups in total. The zero-order valence-corrected chi connectivity index (χ0v) is 15.7. The summed E-state index contributed by atoms with van der Waals surface area (Å²) in [6.07, 6.45) is 0. The maximum absolute atomic E-state index is 13.4. The Bertz CT molecular complexity index is 1010. The van der Waals surface area contributed by atoms with E-state index >= 15 is 0 Å². The molecular weight excluding hydrogens is 358 g/mol. The standard InChI is InChI=1S/C23H22F2N2O/c1-16(18-7-6-17-4-2-3-5-19(17)14-18)26-10-12-27(13-11-26)23(28)20-8-9-21(24)22(25)15-20/h2-9,14-16H,10-13H2,1H3. The Morgan fingerprint density at radius 1 is 0.857 bits per heavy atom. The Morgan fingerprint density at radius 3 is 2.29 bits per heavy atom. The second kappa shape index (κ2) is 7.68. The summed E-state index contributed by atoms with van der Waals surface area (Å²) in [5, 5.41) is 2.44. The number of rotatable bonds is 3. The minimum absolute atomic E-state index is 0.190. The van der Waals surface area contributed by atoms with Crippen molar-refractivity contribution in [3.63, 3.8) is 0 Å². The Morgan fingerprint density at radius 2 is 1.57 bits per heavy atom. The van der Waals surface area contributed by atoms with Gasteiger partial charge in [-0.15, -0.1) is 0 Å². The van der Waals surface area contributed by atoms with Crippen molar-refractivity contribution in [2.24, 2.45) is 0 Å². The van der Waals surface area contributed by atoms with Gasteiger partial charge in [-0.25, -0.2) is 8.78 Å². The van der Waals surface area contributed by atoms with Crippen molar-refractivity contribution in [3.05, 3.63) is 83.4 Å². The summed E-state index contributed by atoms with van der Waals surface area (Å²) in [6.45, 7) is 4.79. The first-order chi connectivity index (χ1) is 13.5. The molecule has 0 spiro atoms. The number of hydrogen-bond acceptors (Lipinski definition) is 2. The lowest BCUT2D eigenvalue weighted by molar-refractivity contribution is 0.0581. The lowest BCUT2D eigenvalue weighted by Crippen LogP contribution is -2.49. The van der Waals surface area contributed by atoms with Crippen molar-refractivity contribution in [2.45, 2.75) is 13.0 Å².